The molecule has 0 aromatic heterocycles. The van der Waals surface area contributed by atoms with Crippen molar-refractivity contribution >= 4 is 0 Å². The van der Waals surface area contributed by atoms with Gasteiger partial charge in [0.15, 0.2) is 11.6 Å². The molecule has 0 aliphatic carbocycles. The maximum absolute atomic E-state index is 13.6. The summed E-state index contributed by atoms with van der Waals surface area (Å²) in [5, 5.41) is 3.31. The lowest BCUT2D eigenvalue weighted by Crippen LogP contribution is -2.62. The highest BCUT2D eigenvalue weighted by Crippen LogP contribution is 2.21. The lowest BCUT2D eigenvalue weighted by Gasteiger charge is -2.46. The van der Waals surface area contributed by atoms with E-state index in [0.29, 0.717) is 18.7 Å². The van der Waals surface area contributed by atoms with Crippen LogP contribution < -0.4 is 5.32 Å². The van der Waals surface area contributed by atoms with Gasteiger partial charge < -0.3 is 5.32 Å². The van der Waals surface area contributed by atoms with E-state index in [9.17, 15) is 13.2 Å². The molecule has 2 aliphatic heterocycles. The second-order valence-corrected chi connectivity index (χ2v) is 5.49. The lowest BCUT2D eigenvalue weighted by molar-refractivity contribution is 0.0216. The molecule has 3 rings (SSSR count). The Hall–Kier alpha value is -1.11. The number of benzene rings is 1. The Balaban J connectivity index is 1.54. The molecule has 2 heterocycles. The molecular formula is C14H18F3N3. The standard InChI is InChI=1S/C14H18F3N3/c15-12-6-14(17)13(16)5-10(12)7-19-8-11(9-19)20-3-1-18-2-4-20/h5-6,11,18H,1-4,7-9H2. The Bertz CT molecular complexity index is 483. The van der Waals surface area contributed by atoms with Crippen LogP contribution in [0.1, 0.15) is 5.56 Å². The van der Waals surface area contributed by atoms with E-state index < -0.39 is 17.5 Å². The van der Waals surface area contributed by atoms with Crippen LogP contribution in [0.25, 0.3) is 0 Å². The highest BCUT2D eigenvalue weighted by Gasteiger charge is 2.32. The number of hydrogen-bond acceptors (Lipinski definition) is 3. The van der Waals surface area contributed by atoms with Gasteiger partial charge in [0.2, 0.25) is 0 Å². The molecule has 2 fully saturated rings. The molecule has 0 radical (unpaired) electrons. The van der Waals surface area contributed by atoms with E-state index in [1.54, 1.807) is 0 Å². The zero-order valence-corrected chi connectivity index (χ0v) is 11.2. The van der Waals surface area contributed by atoms with Crippen LogP contribution in [0.4, 0.5) is 13.2 Å². The van der Waals surface area contributed by atoms with Crippen LogP contribution in [0.2, 0.25) is 0 Å². The molecule has 0 bridgehead atoms. The molecule has 0 amide bonds. The van der Waals surface area contributed by atoms with Crippen LogP contribution in [-0.2, 0) is 6.54 Å². The summed E-state index contributed by atoms with van der Waals surface area (Å²) in [7, 11) is 0. The van der Waals surface area contributed by atoms with Crippen LogP contribution in [0.15, 0.2) is 12.1 Å². The minimum atomic E-state index is -1.13. The summed E-state index contributed by atoms with van der Waals surface area (Å²) in [6, 6.07) is 2.09. The molecular weight excluding hydrogens is 267 g/mol. The van der Waals surface area contributed by atoms with Crippen LogP contribution in [0.3, 0.4) is 0 Å². The Kier molecular flexibility index (Phi) is 3.96. The number of piperazine rings is 1. The first-order valence-corrected chi connectivity index (χ1v) is 6.94. The van der Waals surface area contributed by atoms with Gasteiger partial charge in [0.1, 0.15) is 5.82 Å². The van der Waals surface area contributed by atoms with Crippen molar-refractivity contribution in [1.29, 1.82) is 0 Å². The first kappa shape index (κ1) is 13.9. The fraction of sp³-hybridized carbons (Fsp3) is 0.571. The second kappa shape index (κ2) is 5.71. The highest BCUT2D eigenvalue weighted by atomic mass is 19.2. The number of halogens is 3. The van der Waals surface area contributed by atoms with Crippen molar-refractivity contribution in [3.05, 3.63) is 35.1 Å². The Morgan fingerprint density at radius 2 is 1.65 bits per heavy atom. The van der Waals surface area contributed by atoms with Crippen LogP contribution in [0, 0.1) is 17.5 Å². The van der Waals surface area contributed by atoms with E-state index in [-0.39, 0.29) is 5.56 Å². The van der Waals surface area contributed by atoms with Gasteiger partial charge in [0.05, 0.1) is 0 Å². The summed E-state index contributed by atoms with van der Waals surface area (Å²) >= 11 is 0. The largest absolute Gasteiger partial charge is 0.314 e. The molecule has 0 saturated carbocycles. The first-order chi connectivity index (χ1) is 9.63. The van der Waals surface area contributed by atoms with Gasteiger partial charge in [-0.25, -0.2) is 13.2 Å². The van der Waals surface area contributed by atoms with Crippen molar-refractivity contribution in [2.24, 2.45) is 0 Å². The monoisotopic (exact) mass is 285 g/mol. The van der Waals surface area contributed by atoms with E-state index in [2.05, 4.69) is 15.1 Å². The van der Waals surface area contributed by atoms with E-state index in [4.69, 9.17) is 0 Å². The lowest BCUT2D eigenvalue weighted by atomic mass is 10.0. The summed E-state index contributed by atoms with van der Waals surface area (Å²) in [6.45, 7) is 6.15. The molecule has 0 spiro atoms. The molecule has 0 unspecified atom stereocenters. The van der Waals surface area contributed by atoms with Crippen molar-refractivity contribution in [2.75, 3.05) is 39.3 Å². The molecule has 1 aromatic carbocycles. The predicted molar refractivity (Wildman–Crippen MR) is 69.8 cm³/mol. The summed E-state index contributed by atoms with van der Waals surface area (Å²) in [5.74, 6) is -2.79. The van der Waals surface area contributed by atoms with Gasteiger partial charge in [-0.05, 0) is 6.07 Å². The average Bonchev–Trinajstić information content (AvgIpc) is 2.40. The average molecular weight is 285 g/mol. The minimum absolute atomic E-state index is 0.225. The molecule has 2 saturated heterocycles. The SMILES string of the molecule is Fc1cc(F)c(CN2CC(N3CCNCC3)C2)cc1F. The summed E-state index contributed by atoms with van der Waals surface area (Å²) in [6.07, 6.45) is 0. The van der Waals surface area contributed by atoms with E-state index in [1.807, 2.05) is 0 Å². The van der Waals surface area contributed by atoms with Crippen molar-refractivity contribution in [2.45, 2.75) is 12.6 Å². The number of rotatable bonds is 3. The van der Waals surface area contributed by atoms with Crippen molar-refractivity contribution in [1.82, 2.24) is 15.1 Å². The third-order valence-corrected chi connectivity index (χ3v) is 4.09. The highest BCUT2D eigenvalue weighted by molar-refractivity contribution is 5.20. The molecule has 1 N–H and O–H groups in total. The Labute approximate surface area is 116 Å². The second-order valence-electron chi connectivity index (χ2n) is 5.49. The zero-order valence-electron chi connectivity index (χ0n) is 11.2. The van der Waals surface area contributed by atoms with Gasteiger partial charge in [-0.1, -0.05) is 0 Å². The normalized spacial score (nSPS) is 21.9. The summed E-state index contributed by atoms with van der Waals surface area (Å²) < 4.78 is 39.5. The van der Waals surface area contributed by atoms with Gasteiger partial charge in [-0.2, -0.15) is 0 Å². The van der Waals surface area contributed by atoms with Crippen LogP contribution in [-0.4, -0.2) is 55.1 Å². The topological polar surface area (TPSA) is 18.5 Å². The summed E-state index contributed by atoms with van der Waals surface area (Å²) in [4.78, 5) is 4.48. The number of nitrogens with zero attached hydrogens (tertiary/aromatic N) is 2. The molecule has 2 aliphatic rings. The van der Waals surface area contributed by atoms with Gasteiger partial charge in [-0.15, -0.1) is 0 Å². The first-order valence-electron chi connectivity index (χ1n) is 6.94. The fourth-order valence-corrected chi connectivity index (χ4v) is 2.88. The summed E-state index contributed by atoms with van der Waals surface area (Å²) in [5.41, 5.74) is 0.225. The molecule has 110 valence electrons. The molecule has 20 heavy (non-hydrogen) atoms. The maximum atomic E-state index is 13.6. The Morgan fingerprint density at radius 3 is 2.35 bits per heavy atom. The zero-order chi connectivity index (χ0) is 14.1. The number of nitrogens with one attached hydrogen (secondary N) is 1. The van der Waals surface area contributed by atoms with Crippen molar-refractivity contribution in [3.63, 3.8) is 0 Å². The van der Waals surface area contributed by atoms with Crippen molar-refractivity contribution < 1.29 is 13.2 Å². The van der Waals surface area contributed by atoms with Crippen LogP contribution in [0.5, 0.6) is 0 Å². The molecule has 1 aromatic rings. The number of hydrogen-bond donors (Lipinski definition) is 1. The molecule has 0 atom stereocenters. The third kappa shape index (κ3) is 2.82. The van der Waals surface area contributed by atoms with E-state index >= 15 is 0 Å². The fourth-order valence-electron chi connectivity index (χ4n) is 2.88. The number of likely N-dealkylation sites (tertiary alicyclic amines) is 1. The third-order valence-electron chi connectivity index (χ3n) is 4.09. The van der Waals surface area contributed by atoms with Gasteiger partial charge in [-0.3, -0.25) is 9.80 Å². The maximum Gasteiger partial charge on any atom is 0.161 e. The minimum Gasteiger partial charge on any atom is -0.314 e. The van der Waals surface area contributed by atoms with Gasteiger partial charge in [0, 0.05) is 63.5 Å². The molecule has 6 heteroatoms. The quantitative estimate of drug-likeness (QED) is 0.842. The molecule has 3 nitrogen and oxygen atoms in total. The van der Waals surface area contributed by atoms with E-state index in [1.165, 1.54) is 0 Å². The van der Waals surface area contributed by atoms with Gasteiger partial charge in [0.25, 0.3) is 0 Å². The van der Waals surface area contributed by atoms with Gasteiger partial charge >= 0.3 is 0 Å². The smallest absolute Gasteiger partial charge is 0.161 e. The van der Waals surface area contributed by atoms with Crippen molar-refractivity contribution in [3.8, 4) is 0 Å². The van der Waals surface area contributed by atoms with Crippen LogP contribution >= 0.6 is 0 Å². The predicted octanol–water partition coefficient (Wildman–Crippen LogP) is 1.19. The Morgan fingerprint density at radius 1 is 1.00 bits per heavy atom. The van der Waals surface area contributed by atoms with E-state index in [0.717, 1.165) is 45.3 Å².